The first-order valence-electron chi connectivity index (χ1n) is 8.61. The summed E-state index contributed by atoms with van der Waals surface area (Å²) in [6.07, 6.45) is 1.69. The highest BCUT2D eigenvalue weighted by atomic mass is 16.5. The summed E-state index contributed by atoms with van der Waals surface area (Å²) in [6, 6.07) is 13.7. The lowest BCUT2D eigenvalue weighted by Gasteiger charge is -2.27. The predicted molar refractivity (Wildman–Crippen MR) is 99.1 cm³/mol. The quantitative estimate of drug-likeness (QED) is 0.878. The van der Waals surface area contributed by atoms with Crippen molar-refractivity contribution in [2.75, 3.05) is 43.1 Å². The molecule has 2 aromatic rings. The maximum atomic E-state index is 12.1. The van der Waals surface area contributed by atoms with E-state index in [1.165, 1.54) is 5.56 Å². The van der Waals surface area contributed by atoms with Crippen molar-refractivity contribution in [3.05, 3.63) is 54.2 Å². The molecule has 6 heteroatoms. The third-order valence-corrected chi connectivity index (χ3v) is 4.28. The van der Waals surface area contributed by atoms with Gasteiger partial charge in [-0.2, -0.15) is 0 Å². The molecule has 25 heavy (non-hydrogen) atoms. The van der Waals surface area contributed by atoms with E-state index < -0.39 is 0 Å². The van der Waals surface area contributed by atoms with Crippen LogP contribution in [0.2, 0.25) is 0 Å². The van der Waals surface area contributed by atoms with Gasteiger partial charge in [-0.15, -0.1) is 0 Å². The molecule has 0 aliphatic carbocycles. The monoisotopic (exact) mass is 340 g/mol. The van der Waals surface area contributed by atoms with Crippen LogP contribution in [0.3, 0.4) is 0 Å². The molecule has 0 radical (unpaired) electrons. The fraction of sp³-hybridized carbons (Fsp3) is 0.368. The highest BCUT2D eigenvalue weighted by Gasteiger charge is 2.12. The number of ether oxygens (including phenoxy) is 1. The summed E-state index contributed by atoms with van der Waals surface area (Å²) in [5, 5.41) is 5.73. The van der Waals surface area contributed by atoms with Gasteiger partial charge in [0, 0.05) is 19.6 Å². The first kappa shape index (κ1) is 17.2. The minimum Gasteiger partial charge on any atom is -0.378 e. The van der Waals surface area contributed by atoms with Crippen LogP contribution in [0.1, 0.15) is 18.4 Å². The Hall–Kier alpha value is -2.60. The molecule has 1 aromatic carbocycles. The van der Waals surface area contributed by atoms with Crippen molar-refractivity contribution < 1.29 is 9.53 Å². The number of morpholine rings is 1. The summed E-state index contributed by atoms with van der Waals surface area (Å²) < 4.78 is 5.34. The molecule has 132 valence electrons. The van der Waals surface area contributed by atoms with Crippen molar-refractivity contribution in [2.45, 2.75) is 12.8 Å². The number of nitrogens with one attached hydrogen (secondary N) is 2. The number of carbonyl (C=O) groups is 1. The number of urea groups is 1. The molecule has 2 heterocycles. The molecule has 3 rings (SSSR count). The van der Waals surface area contributed by atoms with Crippen LogP contribution < -0.4 is 15.5 Å². The van der Waals surface area contributed by atoms with Crippen LogP contribution in [-0.2, 0) is 4.74 Å². The van der Waals surface area contributed by atoms with Crippen molar-refractivity contribution in [3.8, 4) is 0 Å². The van der Waals surface area contributed by atoms with Crippen molar-refractivity contribution in [1.82, 2.24) is 10.3 Å². The van der Waals surface area contributed by atoms with Gasteiger partial charge in [0.1, 0.15) is 5.82 Å². The number of amides is 2. The average molecular weight is 340 g/mol. The Kier molecular flexibility index (Phi) is 5.85. The average Bonchev–Trinajstić information content (AvgIpc) is 2.68. The Balaban J connectivity index is 1.47. The smallest absolute Gasteiger partial charge is 0.319 e. The van der Waals surface area contributed by atoms with Crippen molar-refractivity contribution in [2.24, 2.45) is 0 Å². The molecule has 1 atom stereocenters. The molecular weight excluding hydrogens is 316 g/mol. The van der Waals surface area contributed by atoms with E-state index >= 15 is 0 Å². The summed E-state index contributed by atoms with van der Waals surface area (Å²) in [7, 11) is 0. The first-order chi connectivity index (χ1) is 12.2. The lowest BCUT2D eigenvalue weighted by molar-refractivity contribution is 0.122. The van der Waals surface area contributed by atoms with E-state index in [4.69, 9.17) is 4.74 Å². The molecule has 1 aromatic heterocycles. The largest absolute Gasteiger partial charge is 0.378 e. The van der Waals surface area contributed by atoms with Crippen LogP contribution >= 0.6 is 0 Å². The number of aromatic nitrogens is 1. The Morgan fingerprint density at radius 1 is 1.20 bits per heavy atom. The highest BCUT2D eigenvalue weighted by molar-refractivity contribution is 5.89. The van der Waals surface area contributed by atoms with Crippen LogP contribution in [0.25, 0.3) is 0 Å². The van der Waals surface area contributed by atoms with E-state index in [2.05, 4.69) is 39.6 Å². The molecule has 2 amide bonds. The van der Waals surface area contributed by atoms with Gasteiger partial charge in [-0.1, -0.05) is 37.3 Å². The SMILES string of the molecule is C[C@@H](CNC(=O)Nc1ccc(N2CCOCC2)nc1)c1ccccc1. The Morgan fingerprint density at radius 2 is 1.96 bits per heavy atom. The van der Waals surface area contributed by atoms with Gasteiger partial charge in [-0.25, -0.2) is 9.78 Å². The molecular formula is C19H24N4O2. The van der Waals surface area contributed by atoms with Gasteiger partial charge in [0.15, 0.2) is 0 Å². The Labute approximate surface area is 148 Å². The number of anilines is 2. The topological polar surface area (TPSA) is 66.5 Å². The number of rotatable bonds is 5. The fourth-order valence-electron chi connectivity index (χ4n) is 2.76. The van der Waals surface area contributed by atoms with Gasteiger partial charge in [-0.3, -0.25) is 0 Å². The predicted octanol–water partition coefficient (Wildman–Crippen LogP) is 2.84. The zero-order valence-electron chi connectivity index (χ0n) is 14.4. The normalized spacial score (nSPS) is 15.5. The van der Waals surface area contributed by atoms with E-state index in [0.717, 1.165) is 32.1 Å². The van der Waals surface area contributed by atoms with Gasteiger partial charge in [0.25, 0.3) is 0 Å². The van der Waals surface area contributed by atoms with Crippen LogP contribution in [0, 0.1) is 0 Å². The lowest BCUT2D eigenvalue weighted by Crippen LogP contribution is -2.36. The van der Waals surface area contributed by atoms with E-state index in [9.17, 15) is 4.79 Å². The number of hydrogen-bond acceptors (Lipinski definition) is 4. The van der Waals surface area contributed by atoms with Crippen molar-refractivity contribution in [1.29, 1.82) is 0 Å². The summed E-state index contributed by atoms with van der Waals surface area (Å²) in [5.41, 5.74) is 1.89. The van der Waals surface area contributed by atoms with Gasteiger partial charge in [-0.05, 0) is 23.6 Å². The number of pyridine rings is 1. The number of benzene rings is 1. The third-order valence-electron chi connectivity index (χ3n) is 4.28. The van der Waals surface area contributed by atoms with Crippen LogP contribution in [0.4, 0.5) is 16.3 Å². The zero-order chi connectivity index (χ0) is 17.5. The van der Waals surface area contributed by atoms with E-state index in [0.29, 0.717) is 12.2 Å². The molecule has 0 saturated carbocycles. The second-order valence-corrected chi connectivity index (χ2v) is 6.15. The minimum atomic E-state index is -0.219. The molecule has 1 aliphatic rings. The second kappa shape index (κ2) is 8.48. The van der Waals surface area contributed by atoms with Crippen LogP contribution in [0.5, 0.6) is 0 Å². The van der Waals surface area contributed by atoms with E-state index in [-0.39, 0.29) is 11.9 Å². The standard InChI is InChI=1S/C19H24N4O2/c1-15(16-5-3-2-4-6-16)13-21-19(24)22-17-7-8-18(20-14-17)23-9-11-25-12-10-23/h2-8,14-15H,9-13H2,1H3,(H2,21,22,24)/t15-/m0/s1. The Morgan fingerprint density at radius 3 is 2.64 bits per heavy atom. The van der Waals surface area contributed by atoms with Crippen molar-refractivity contribution >= 4 is 17.5 Å². The van der Waals surface area contributed by atoms with Gasteiger partial charge < -0.3 is 20.3 Å². The maximum absolute atomic E-state index is 12.1. The molecule has 1 saturated heterocycles. The molecule has 1 aliphatic heterocycles. The fourth-order valence-corrected chi connectivity index (χ4v) is 2.76. The molecule has 1 fully saturated rings. The summed E-state index contributed by atoms with van der Waals surface area (Å²) in [5.74, 6) is 1.17. The summed E-state index contributed by atoms with van der Waals surface area (Å²) in [4.78, 5) is 18.7. The lowest BCUT2D eigenvalue weighted by atomic mass is 10.0. The van der Waals surface area contributed by atoms with Gasteiger partial charge >= 0.3 is 6.03 Å². The molecule has 0 spiro atoms. The van der Waals surface area contributed by atoms with Crippen LogP contribution in [0.15, 0.2) is 48.7 Å². The Bertz CT molecular complexity index is 670. The first-order valence-corrected chi connectivity index (χ1v) is 8.61. The third kappa shape index (κ3) is 4.93. The zero-order valence-corrected chi connectivity index (χ0v) is 14.4. The minimum absolute atomic E-state index is 0.219. The van der Waals surface area contributed by atoms with Gasteiger partial charge in [0.05, 0.1) is 25.1 Å². The molecule has 0 bridgehead atoms. The molecule has 2 N–H and O–H groups in total. The van der Waals surface area contributed by atoms with E-state index in [1.807, 2.05) is 30.3 Å². The van der Waals surface area contributed by atoms with E-state index in [1.54, 1.807) is 6.20 Å². The number of nitrogens with zero attached hydrogens (tertiary/aromatic N) is 2. The summed E-state index contributed by atoms with van der Waals surface area (Å²) in [6.45, 7) is 5.81. The summed E-state index contributed by atoms with van der Waals surface area (Å²) >= 11 is 0. The molecule has 6 nitrogen and oxygen atoms in total. The highest BCUT2D eigenvalue weighted by Crippen LogP contribution is 2.16. The van der Waals surface area contributed by atoms with Crippen LogP contribution in [-0.4, -0.2) is 43.9 Å². The van der Waals surface area contributed by atoms with Gasteiger partial charge in [0.2, 0.25) is 0 Å². The molecule has 0 unspecified atom stereocenters. The number of carbonyl (C=O) groups excluding carboxylic acids is 1. The number of hydrogen-bond donors (Lipinski definition) is 2. The second-order valence-electron chi connectivity index (χ2n) is 6.15. The van der Waals surface area contributed by atoms with Crippen molar-refractivity contribution in [3.63, 3.8) is 0 Å². The maximum Gasteiger partial charge on any atom is 0.319 e.